The van der Waals surface area contributed by atoms with E-state index in [0.29, 0.717) is 20.6 Å². The first-order valence-electron chi connectivity index (χ1n) is 8.62. The number of hydrogen-bond donors (Lipinski definition) is 0. The molecule has 0 N–H and O–H groups in total. The average Bonchev–Trinajstić information content (AvgIpc) is 2.94. The molecule has 3 rings (SSSR count). The summed E-state index contributed by atoms with van der Waals surface area (Å²) in [5.74, 6) is 0.225. The number of halogens is 2. The Morgan fingerprint density at radius 2 is 1.86 bits per heavy atom. The van der Waals surface area contributed by atoms with Crippen LogP contribution in [0.5, 0.6) is 0 Å². The van der Waals surface area contributed by atoms with Gasteiger partial charge in [0, 0.05) is 30.5 Å². The Kier molecular flexibility index (Phi) is 6.28. The average molecular weight is 434 g/mol. The standard InChI is InChI=1S/C21H21Cl2N3OS/c1-14-10-21(19(23)11-18(14)22)28(27)13-20-17(12-25(3)4)15(2)26(24-20)16-8-6-5-7-9-16/h5-12H,2,13H2,1,3-4H3. The number of hydrogen-bond acceptors (Lipinski definition) is 3. The maximum Gasteiger partial charge on any atom is 0.0850 e. The molecule has 0 saturated carbocycles. The SMILES string of the molecule is C=c1c(=CN(C)C)c(CS(=O)c2cc(C)c(Cl)cc2Cl)nn1-c1ccccc1. The maximum absolute atomic E-state index is 13.1. The molecule has 1 atom stereocenters. The van der Waals surface area contributed by atoms with Crippen molar-refractivity contribution in [2.75, 3.05) is 14.1 Å². The Balaban J connectivity index is 2.08. The van der Waals surface area contributed by atoms with Crippen LogP contribution in [0.15, 0.2) is 47.4 Å². The van der Waals surface area contributed by atoms with Gasteiger partial charge in [0.25, 0.3) is 0 Å². The van der Waals surface area contributed by atoms with Crippen LogP contribution in [0.25, 0.3) is 18.5 Å². The third kappa shape index (κ3) is 4.32. The van der Waals surface area contributed by atoms with Gasteiger partial charge in [0.15, 0.2) is 0 Å². The van der Waals surface area contributed by atoms with E-state index in [1.807, 2.05) is 62.5 Å². The molecule has 0 aliphatic heterocycles. The van der Waals surface area contributed by atoms with Gasteiger partial charge in [0.1, 0.15) is 0 Å². The van der Waals surface area contributed by atoms with Gasteiger partial charge in [0.05, 0.1) is 43.2 Å². The van der Waals surface area contributed by atoms with Crippen molar-refractivity contribution in [3.63, 3.8) is 0 Å². The van der Waals surface area contributed by atoms with Crippen LogP contribution in [0.1, 0.15) is 11.3 Å². The second-order valence-electron chi connectivity index (χ2n) is 6.67. The van der Waals surface area contributed by atoms with Gasteiger partial charge in [0.2, 0.25) is 0 Å². The molecule has 1 aromatic heterocycles. The number of rotatable bonds is 5. The zero-order valence-corrected chi connectivity index (χ0v) is 18.3. The number of nitrogens with zero attached hydrogens (tertiary/aromatic N) is 3. The summed E-state index contributed by atoms with van der Waals surface area (Å²) in [6.07, 6.45) is 1.94. The second-order valence-corrected chi connectivity index (χ2v) is 8.90. The van der Waals surface area contributed by atoms with Crippen LogP contribution < -0.4 is 10.6 Å². The Morgan fingerprint density at radius 1 is 1.18 bits per heavy atom. The van der Waals surface area contributed by atoms with Crippen molar-refractivity contribution in [2.24, 2.45) is 0 Å². The number of para-hydroxylation sites is 1. The van der Waals surface area contributed by atoms with Gasteiger partial charge >= 0.3 is 0 Å². The van der Waals surface area contributed by atoms with Crippen LogP contribution in [0.2, 0.25) is 10.0 Å². The van der Waals surface area contributed by atoms with Gasteiger partial charge in [-0.15, -0.1) is 0 Å². The lowest BCUT2D eigenvalue weighted by Gasteiger charge is -2.07. The molecule has 0 saturated heterocycles. The predicted molar refractivity (Wildman–Crippen MR) is 118 cm³/mol. The molecule has 1 heterocycles. The van der Waals surface area contributed by atoms with Crippen molar-refractivity contribution in [1.82, 2.24) is 14.7 Å². The Hall–Kier alpha value is -2.08. The normalized spacial score (nSPS) is 13.0. The minimum absolute atomic E-state index is 0.225. The van der Waals surface area contributed by atoms with Gasteiger partial charge in [-0.3, -0.25) is 4.21 Å². The summed E-state index contributed by atoms with van der Waals surface area (Å²) in [7, 11) is 2.49. The maximum atomic E-state index is 13.1. The summed E-state index contributed by atoms with van der Waals surface area (Å²) in [4.78, 5) is 2.48. The largest absolute Gasteiger partial charge is 0.383 e. The van der Waals surface area contributed by atoms with Crippen LogP contribution in [0.4, 0.5) is 0 Å². The van der Waals surface area contributed by atoms with Crippen molar-refractivity contribution >= 4 is 46.8 Å². The van der Waals surface area contributed by atoms with Crippen LogP contribution in [0, 0.1) is 6.92 Å². The van der Waals surface area contributed by atoms with E-state index in [-0.39, 0.29) is 5.75 Å². The molecule has 0 bridgehead atoms. The number of aromatic nitrogens is 2. The summed E-state index contributed by atoms with van der Waals surface area (Å²) in [6, 6.07) is 13.2. The smallest absolute Gasteiger partial charge is 0.0850 e. The van der Waals surface area contributed by atoms with E-state index >= 15 is 0 Å². The molecule has 2 aromatic carbocycles. The molecule has 0 fully saturated rings. The van der Waals surface area contributed by atoms with Crippen molar-refractivity contribution in [3.8, 4) is 5.69 Å². The highest BCUT2D eigenvalue weighted by molar-refractivity contribution is 7.84. The molecular formula is C21H21Cl2N3OS. The zero-order valence-electron chi connectivity index (χ0n) is 15.9. The lowest BCUT2D eigenvalue weighted by molar-refractivity contribution is 0.613. The van der Waals surface area contributed by atoms with Crippen molar-refractivity contribution in [2.45, 2.75) is 17.6 Å². The molecular weight excluding hydrogens is 413 g/mol. The Bertz CT molecular complexity index is 1140. The molecule has 4 nitrogen and oxygen atoms in total. The fourth-order valence-corrected chi connectivity index (χ4v) is 4.66. The van der Waals surface area contributed by atoms with Crippen LogP contribution in [0.3, 0.4) is 0 Å². The highest BCUT2D eigenvalue weighted by atomic mass is 35.5. The van der Waals surface area contributed by atoms with Gasteiger partial charge in [-0.25, -0.2) is 4.68 Å². The highest BCUT2D eigenvalue weighted by Crippen LogP contribution is 2.28. The predicted octanol–water partition coefficient (Wildman–Crippen LogP) is 3.51. The van der Waals surface area contributed by atoms with E-state index in [1.165, 1.54) is 0 Å². The van der Waals surface area contributed by atoms with E-state index in [0.717, 1.165) is 21.8 Å². The molecule has 0 amide bonds. The van der Waals surface area contributed by atoms with Crippen molar-refractivity contribution in [3.05, 3.63) is 74.3 Å². The highest BCUT2D eigenvalue weighted by Gasteiger charge is 2.16. The van der Waals surface area contributed by atoms with Crippen LogP contribution in [-0.2, 0) is 16.6 Å². The molecule has 0 spiro atoms. The molecule has 0 aliphatic rings. The fourth-order valence-electron chi connectivity index (χ4n) is 2.82. The first-order chi connectivity index (χ1) is 13.3. The second kappa shape index (κ2) is 8.52. The minimum Gasteiger partial charge on any atom is -0.383 e. The molecule has 0 radical (unpaired) electrons. The fraction of sp³-hybridized carbons (Fsp3) is 0.190. The van der Waals surface area contributed by atoms with Crippen LogP contribution in [-0.4, -0.2) is 33.0 Å². The lowest BCUT2D eigenvalue weighted by Crippen LogP contribution is -2.30. The van der Waals surface area contributed by atoms with Crippen molar-refractivity contribution < 1.29 is 4.21 Å². The molecule has 146 valence electrons. The lowest BCUT2D eigenvalue weighted by atomic mass is 10.2. The van der Waals surface area contributed by atoms with Gasteiger partial charge in [-0.1, -0.05) is 48.0 Å². The van der Waals surface area contributed by atoms with E-state index in [2.05, 4.69) is 6.58 Å². The monoisotopic (exact) mass is 433 g/mol. The zero-order chi connectivity index (χ0) is 20.4. The summed E-state index contributed by atoms with van der Waals surface area (Å²) in [6.45, 7) is 6.06. The Morgan fingerprint density at radius 3 is 2.50 bits per heavy atom. The third-order valence-electron chi connectivity index (χ3n) is 4.21. The summed E-state index contributed by atoms with van der Waals surface area (Å²) in [5, 5.41) is 7.24. The van der Waals surface area contributed by atoms with Gasteiger partial charge in [-0.05, 0) is 36.8 Å². The first kappa shape index (κ1) is 20.6. The molecule has 28 heavy (non-hydrogen) atoms. The topological polar surface area (TPSA) is 38.1 Å². The van der Waals surface area contributed by atoms with E-state index in [4.69, 9.17) is 28.3 Å². The molecule has 3 aromatic rings. The molecule has 1 unspecified atom stereocenters. The summed E-state index contributed by atoms with van der Waals surface area (Å²) >= 11 is 12.4. The number of benzene rings is 2. The Labute approximate surface area is 177 Å². The van der Waals surface area contributed by atoms with E-state index < -0.39 is 10.8 Å². The molecule has 0 aliphatic carbocycles. The summed E-state index contributed by atoms with van der Waals surface area (Å²) in [5.41, 5.74) is 2.44. The van der Waals surface area contributed by atoms with E-state index in [1.54, 1.807) is 16.8 Å². The van der Waals surface area contributed by atoms with Gasteiger partial charge in [-0.2, -0.15) is 5.10 Å². The minimum atomic E-state index is -1.37. The van der Waals surface area contributed by atoms with E-state index in [9.17, 15) is 4.21 Å². The molecule has 7 heteroatoms. The quantitative estimate of drug-likeness (QED) is 0.617. The first-order valence-corrected chi connectivity index (χ1v) is 10.7. The van der Waals surface area contributed by atoms with Gasteiger partial charge < -0.3 is 4.90 Å². The van der Waals surface area contributed by atoms with Crippen LogP contribution >= 0.6 is 23.2 Å². The van der Waals surface area contributed by atoms with Crippen molar-refractivity contribution in [1.29, 1.82) is 0 Å². The third-order valence-corrected chi connectivity index (χ3v) is 6.41. The summed E-state index contributed by atoms with van der Waals surface area (Å²) < 4.78 is 14.9. The number of aryl methyl sites for hydroxylation is 1.